The van der Waals surface area contributed by atoms with Crippen LogP contribution in [0.25, 0.3) is 5.69 Å². The third-order valence-corrected chi connectivity index (χ3v) is 6.17. The van der Waals surface area contributed by atoms with E-state index >= 15 is 0 Å². The van der Waals surface area contributed by atoms with Crippen molar-refractivity contribution in [2.45, 2.75) is 24.0 Å². The second kappa shape index (κ2) is 9.21. The molecule has 3 aromatic rings. The van der Waals surface area contributed by atoms with Gasteiger partial charge in [0, 0.05) is 17.8 Å². The van der Waals surface area contributed by atoms with Crippen molar-refractivity contribution in [3.63, 3.8) is 0 Å². The Morgan fingerprint density at radius 2 is 2.00 bits per heavy atom. The molecule has 1 fully saturated rings. The van der Waals surface area contributed by atoms with Crippen molar-refractivity contribution in [2.24, 2.45) is 0 Å². The number of carbonyl (C=O) groups is 1. The van der Waals surface area contributed by atoms with E-state index in [0.717, 1.165) is 42.1 Å². The predicted molar refractivity (Wildman–Crippen MR) is 115 cm³/mol. The van der Waals surface area contributed by atoms with Gasteiger partial charge in [0.15, 0.2) is 5.16 Å². The van der Waals surface area contributed by atoms with Gasteiger partial charge in [0.2, 0.25) is 5.91 Å². The Morgan fingerprint density at radius 1 is 1.17 bits per heavy atom. The molecule has 4 rings (SSSR count). The Balaban J connectivity index is 1.49. The van der Waals surface area contributed by atoms with Crippen LogP contribution in [-0.4, -0.2) is 52.1 Å². The van der Waals surface area contributed by atoms with E-state index in [2.05, 4.69) is 10.2 Å². The van der Waals surface area contributed by atoms with Crippen molar-refractivity contribution < 1.29 is 14.3 Å². The molecule has 2 heterocycles. The molecule has 30 heavy (non-hydrogen) atoms. The summed E-state index contributed by atoms with van der Waals surface area (Å²) in [6.45, 7) is 0.732. The summed E-state index contributed by atoms with van der Waals surface area (Å²) in [5, 5.41) is 8.90. The number of amides is 1. The van der Waals surface area contributed by atoms with E-state index in [4.69, 9.17) is 9.47 Å². The lowest BCUT2D eigenvalue weighted by Gasteiger charge is -2.26. The van der Waals surface area contributed by atoms with Gasteiger partial charge < -0.3 is 14.4 Å². The van der Waals surface area contributed by atoms with Gasteiger partial charge in [0.1, 0.15) is 17.8 Å². The molecule has 2 aromatic carbocycles. The van der Waals surface area contributed by atoms with Crippen LogP contribution in [0.2, 0.25) is 0 Å². The lowest BCUT2D eigenvalue weighted by atomic mass is 10.0. The van der Waals surface area contributed by atoms with Gasteiger partial charge in [0.25, 0.3) is 0 Å². The Labute approximate surface area is 180 Å². The van der Waals surface area contributed by atoms with E-state index in [9.17, 15) is 4.79 Å². The van der Waals surface area contributed by atoms with Crippen LogP contribution in [0, 0.1) is 0 Å². The minimum Gasteiger partial charge on any atom is -0.497 e. The van der Waals surface area contributed by atoms with Gasteiger partial charge in [-0.3, -0.25) is 9.36 Å². The number of para-hydroxylation sites is 1. The average Bonchev–Trinajstić information content (AvgIpc) is 3.47. The summed E-state index contributed by atoms with van der Waals surface area (Å²) in [6.07, 6.45) is 3.53. The second-order valence-electron chi connectivity index (χ2n) is 6.96. The largest absolute Gasteiger partial charge is 0.497 e. The number of carbonyl (C=O) groups excluding carboxylic acids is 1. The zero-order valence-corrected chi connectivity index (χ0v) is 17.8. The Bertz CT molecular complexity index is 1010. The van der Waals surface area contributed by atoms with Crippen molar-refractivity contribution in [3.05, 3.63) is 60.4 Å². The minimum absolute atomic E-state index is 0.0184. The number of likely N-dealkylation sites (tertiary alicyclic amines) is 1. The standard InChI is InChI=1S/C22H24N4O3S/c1-28-17-10-11-20(29-2)18(13-17)19-9-6-12-25(19)21(27)14-30-22-24-23-15-26(22)16-7-4-3-5-8-16/h3-5,7-8,10-11,13,15,19H,6,9,12,14H2,1-2H3/t19-/m0/s1. The highest BCUT2D eigenvalue weighted by molar-refractivity contribution is 7.99. The van der Waals surface area contributed by atoms with Crippen LogP contribution >= 0.6 is 11.8 Å². The van der Waals surface area contributed by atoms with Gasteiger partial charge in [0.05, 0.1) is 26.0 Å². The number of aromatic nitrogens is 3. The van der Waals surface area contributed by atoms with Crippen LogP contribution in [0.1, 0.15) is 24.4 Å². The first-order chi connectivity index (χ1) is 14.7. The Kier molecular flexibility index (Phi) is 6.23. The van der Waals surface area contributed by atoms with Crippen molar-refractivity contribution in [1.82, 2.24) is 19.7 Å². The van der Waals surface area contributed by atoms with Crippen LogP contribution in [0.5, 0.6) is 11.5 Å². The Morgan fingerprint density at radius 3 is 2.77 bits per heavy atom. The SMILES string of the molecule is COc1ccc(OC)c([C@@H]2CCCN2C(=O)CSc2nncn2-c2ccccc2)c1. The molecule has 7 nitrogen and oxygen atoms in total. The third kappa shape index (κ3) is 4.14. The van der Waals surface area contributed by atoms with Crippen LogP contribution in [-0.2, 0) is 4.79 Å². The van der Waals surface area contributed by atoms with E-state index in [1.54, 1.807) is 20.5 Å². The first-order valence-corrected chi connectivity index (χ1v) is 10.8. The number of thioether (sulfide) groups is 1. The van der Waals surface area contributed by atoms with Gasteiger partial charge in [-0.25, -0.2) is 0 Å². The maximum atomic E-state index is 13.1. The summed E-state index contributed by atoms with van der Waals surface area (Å²) in [6, 6.07) is 15.6. The smallest absolute Gasteiger partial charge is 0.233 e. The molecule has 156 valence electrons. The molecule has 0 radical (unpaired) electrons. The van der Waals surface area contributed by atoms with E-state index in [1.165, 1.54) is 11.8 Å². The summed E-state index contributed by atoms with van der Waals surface area (Å²) in [7, 11) is 3.29. The van der Waals surface area contributed by atoms with Gasteiger partial charge in [-0.1, -0.05) is 30.0 Å². The molecule has 1 aliphatic rings. The number of benzene rings is 2. The molecule has 1 aliphatic heterocycles. The molecule has 0 bridgehead atoms. The van der Waals surface area contributed by atoms with Gasteiger partial charge in [-0.2, -0.15) is 0 Å². The normalized spacial score (nSPS) is 15.9. The molecule has 0 spiro atoms. The minimum atomic E-state index is -0.0184. The summed E-state index contributed by atoms with van der Waals surface area (Å²) >= 11 is 1.40. The van der Waals surface area contributed by atoms with Crippen molar-refractivity contribution >= 4 is 17.7 Å². The van der Waals surface area contributed by atoms with Crippen LogP contribution in [0.15, 0.2) is 60.0 Å². The number of ether oxygens (including phenoxy) is 2. The summed E-state index contributed by atoms with van der Waals surface area (Å²) in [4.78, 5) is 15.0. The van der Waals surface area contributed by atoms with Crippen LogP contribution < -0.4 is 9.47 Å². The first kappa shape index (κ1) is 20.3. The lowest BCUT2D eigenvalue weighted by molar-refractivity contribution is -0.129. The zero-order valence-electron chi connectivity index (χ0n) is 17.0. The maximum absolute atomic E-state index is 13.1. The van der Waals surface area contributed by atoms with Gasteiger partial charge in [-0.05, 0) is 43.2 Å². The molecule has 0 aliphatic carbocycles. The van der Waals surface area contributed by atoms with Crippen molar-refractivity contribution in [3.8, 4) is 17.2 Å². The molecule has 0 N–H and O–H groups in total. The fourth-order valence-electron chi connectivity index (χ4n) is 3.79. The third-order valence-electron chi connectivity index (χ3n) is 5.24. The first-order valence-electron chi connectivity index (χ1n) is 9.81. The number of nitrogens with zero attached hydrogens (tertiary/aromatic N) is 4. The highest BCUT2D eigenvalue weighted by Gasteiger charge is 2.32. The molecule has 1 amide bonds. The highest BCUT2D eigenvalue weighted by atomic mass is 32.2. The summed E-state index contributed by atoms with van der Waals surface area (Å²) in [5.74, 6) is 1.91. The predicted octanol–water partition coefficient (Wildman–Crippen LogP) is 3.74. The number of hydrogen-bond donors (Lipinski definition) is 0. The summed E-state index contributed by atoms with van der Waals surface area (Å²) in [5.41, 5.74) is 1.96. The van der Waals surface area contributed by atoms with E-state index < -0.39 is 0 Å². The lowest BCUT2D eigenvalue weighted by Crippen LogP contribution is -2.32. The van der Waals surface area contributed by atoms with Gasteiger partial charge >= 0.3 is 0 Å². The average molecular weight is 425 g/mol. The van der Waals surface area contributed by atoms with Crippen molar-refractivity contribution in [2.75, 3.05) is 26.5 Å². The molecular weight excluding hydrogens is 400 g/mol. The van der Waals surface area contributed by atoms with E-state index in [1.807, 2.05) is 58.0 Å². The van der Waals surface area contributed by atoms with Gasteiger partial charge in [-0.15, -0.1) is 10.2 Å². The van der Waals surface area contributed by atoms with Crippen LogP contribution in [0.3, 0.4) is 0 Å². The van der Waals surface area contributed by atoms with E-state index in [0.29, 0.717) is 10.9 Å². The molecule has 0 unspecified atom stereocenters. The Hall–Kier alpha value is -3.00. The number of hydrogen-bond acceptors (Lipinski definition) is 6. The molecule has 1 saturated heterocycles. The van der Waals surface area contributed by atoms with E-state index in [-0.39, 0.29) is 11.9 Å². The fourth-order valence-corrected chi connectivity index (χ4v) is 4.60. The topological polar surface area (TPSA) is 69.5 Å². The molecule has 0 saturated carbocycles. The van der Waals surface area contributed by atoms with Crippen LogP contribution in [0.4, 0.5) is 0 Å². The molecular formula is C22H24N4O3S. The number of rotatable bonds is 7. The highest BCUT2D eigenvalue weighted by Crippen LogP contribution is 2.39. The molecule has 1 atom stereocenters. The second-order valence-corrected chi connectivity index (χ2v) is 7.90. The molecule has 8 heteroatoms. The summed E-state index contributed by atoms with van der Waals surface area (Å²) < 4.78 is 12.8. The fraction of sp³-hybridized carbons (Fsp3) is 0.318. The maximum Gasteiger partial charge on any atom is 0.233 e. The quantitative estimate of drug-likeness (QED) is 0.538. The molecule has 1 aromatic heterocycles. The van der Waals surface area contributed by atoms with Crippen molar-refractivity contribution in [1.29, 1.82) is 0 Å². The monoisotopic (exact) mass is 424 g/mol. The number of methoxy groups -OCH3 is 2. The zero-order chi connectivity index (χ0) is 20.9.